The van der Waals surface area contributed by atoms with Crippen LogP contribution in [0.5, 0.6) is 0 Å². The molecule has 8 nitrogen and oxygen atoms in total. The second kappa shape index (κ2) is 8.34. The molecule has 11 heteroatoms. The maximum absolute atomic E-state index is 12.5. The van der Waals surface area contributed by atoms with E-state index in [1.807, 2.05) is 0 Å². The van der Waals surface area contributed by atoms with E-state index >= 15 is 0 Å². The van der Waals surface area contributed by atoms with E-state index in [0.717, 1.165) is 0 Å². The zero-order chi connectivity index (χ0) is 21.2. The molecule has 0 amide bonds. The van der Waals surface area contributed by atoms with E-state index in [4.69, 9.17) is 11.6 Å². The van der Waals surface area contributed by atoms with Crippen LogP contribution in [0.15, 0.2) is 35.5 Å². The summed E-state index contributed by atoms with van der Waals surface area (Å²) in [5, 5.41) is 3.63. The Bertz CT molecular complexity index is 1230. The van der Waals surface area contributed by atoms with Gasteiger partial charge in [0.1, 0.15) is 5.02 Å². The van der Waals surface area contributed by atoms with Crippen LogP contribution in [0.25, 0.3) is 10.9 Å². The highest BCUT2D eigenvalue weighted by Crippen LogP contribution is 2.33. The predicted molar refractivity (Wildman–Crippen MR) is 112 cm³/mol. The number of halogens is 2. The monoisotopic (exact) mass is 439 g/mol. The van der Waals surface area contributed by atoms with Gasteiger partial charge in [-0.1, -0.05) is 11.6 Å². The molecular weight excluding hydrogens is 421 g/mol. The summed E-state index contributed by atoms with van der Waals surface area (Å²) in [4.78, 5) is 20.7. The van der Waals surface area contributed by atoms with E-state index in [1.54, 1.807) is 32.2 Å². The van der Waals surface area contributed by atoms with E-state index in [9.17, 15) is 17.6 Å². The van der Waals surface area contributed by atoms with Crippen molar-refractivity contribution < 1.29 is 12.8 Å². The molecule has 0 aliphatic heterocycles. The molecule has 3 aromatic rings. The van der Waals surface area contributed by atoms with Gasteiger partial charge in [-0.2, -0.15) is 0 Å². The Kier molecular flexibility index (Phi) is 6.04. The third-order valence-electron chi connectivity index (χ3n) is 4.30. The molecule has 0 saturated heterocycles. The number of aromatic nitrogens is 3. The first-order chi connectivity index (χ1) is 13.7. The van der Waals surface area contributed by atoms with Gasteiger partial charge < -0.3 is 9.88 Å². The number of rotatable bonds is 7. The Hall–Kier alpha value is -2.72. The maximum Gasteiger partial charge on any atom is 0.261 e. The molecule has 0 saturated carbocycles. The molecule has 154 valence electrons. The number of sulfonamides is 1. The lowest BCUT2D eigenvalue weighted by atomic mass is 10.1. The van der Waals surface area contributed by atoms with Crippen molar-refractivity contribution in [1.82, 2.24) is 14.5 Å². The topological polar surface area (TPSA) is 106 Å². The van der Waals surface area contributed by atoms with Gasteiger partial charge in [0.05, 0.1) is 35.3 Å². The van der Waals surface area contributed by atoms with Crippen LogP contribution in [0, 0.1) is 6.92 Å². The van der Waals surface area contributed by atoms with Gasteiger partial charge >= 0.3 is 0 Å². The standard InChI is InChI=1S/C18H19ClFN5O3S/c1-11-12(4-5-13-15(11)18(26)25(2)10-22-13)23-14-6-8-21-17(16(14)19)24-29(27,28)9-3-7-20/h4-6,8,10H,3,7,9H2,1-2H3,(H2,21,23,24). The van der Waals surface area contributed by atoms with Crippen LogP contribution in [0.1, 0.15) is 12.0 Å². The quantitative estimate of drug-likeness (QED) is 0.585. The van der Waals surface area contributed by atoms with Crippen molar-refractivity contribution >= 4 is 49.7 Å². The minimum Gasteiger partial charge on any atom is -0.354 e. The molecule has 29 heavy (non-hydrogen) atoms. The third kappa shape index (κ3) is 4.48. The van der Waals surface area contributed by atoms with Crippen molar-refractivity contribution in [3.8, 4) is 0 Å². The van der Waals surface area contributed by atoms with Gasteiger partial charge in [-0.25, -0.2) is 18.4 Å². The molecule has 0 aliphatic rings. The summed E-state index contributed by atoms with van der Waals surface area (Å²) in [5.41, 5.74) is 2.07. The number of fused-ring (bicyclic) bond motifs is 1. The molecule has 3 rings (SSSR count). The average molecular weight is 440 g/mol. The van der Waals surface area contributed by atoms with Crippen molar-refractivity contribution in [2.45, 2.75) is 13.3 Å². The van der Waals surface area contributed by atoms with Gasteiger partial charge in [0.15, 0.2) is 5.82 Å². The molecule has 2 N–H and O–H groups in total. The van der Waals surface area contributed by atoms with E-state index < -0.39 is 16.7 Å². The number of alkyl halides is 1. The normalized spacial score (nSPS) is 11.6. The number of benzene rings is 1. The number of nitrogens with one attached hydrogen (secondary N) is 2. The van der Waals surface area contributed by atoms with Crippen LogP contribution >= 0.6 is 11.6 Å². The summed E-state index contributed by atoms with van der Waals surface area (Å²) in [5.74, 6) is -0.439. The lowest BCUT2D eigenvalue weighted by Gasteiger charge is -2.15. The molecule has 0 atom stereocenters. The highest BCUT2D eigenvalue weighted by atomic mass is 35.5. The number of aryl methyl sites for hydroxylation is 2. The van der Waals surface area contributed by atoms with Crippen molar-refractivity contribution in [3.63, 3.8) is 0 Å². The lowest BCUT2D eigenvalue weighted by Crippen LogP contribution is -2.18. The maximum atomic E-state index is 12.5. The van der Waals surface area contributed by atoms with Crippen molar-refractivity contribution in [3.05, 3.63) is 51.7 Å². The highest BCUT2D eigenvalue weighted by molar-refractivity contribution is 7.92. The fourth-order valence-electron chi connectivity index (χ4n) is 2.79. The highest BCUT2D eigenvalue weighted by Gasteiger charge is 2.16. The number of hydrogen-bond acceptors (Lipinski definition) is 6. The number of nitrogens with zero attached hydrogens (tertiary/aromatic N) is 3. The SMILES string of the molecule is Cc1c(Nc2ccnc(NS(=O)(=O)CCCF)c2Cl)ccc2ncn(C)c(=O)c12. The smallest absolute Gasteiger partial charge is 0.261 e. The molecule has 1 aromatic carbocycles. The van der Waals surface area contributed by atoms with E-state index in [2.05, 4.69) is 20.0 Å². The summed E-state index contributed by atoms with van der Waals surface area (Å²) in [6, 6.07) is 5.04. The Labute approximate surface area is 171 Å². The van der Waals surface area contributed by atoms with E-state index in [-0.39, 0.29) is 28.6 Å². The fourth-order valence-corrected chi connectivity index (χ4v) is 4.09. The van der Waals surface area contributed by atoms with Crippen LogP contribution in [-0.4, -0.2) is 35.4 Å². The summed E-state index contributed by atoms with van der Waals surface area (Å²) < 4.78 is 40.0. The summed E-state index contributed by atoms with van der Waals surface area (Å²) in [6.07, 6.45) is 2.72. The van der Waals surface area contributed by atoms with Crippen LogP contribution in [-0.2, 0) is 17.1 Å². The van der Waals surface area contributed by atoms with Gasteiger partial charge in [-0.05, 0) is 37.1 Å². The molecular formula is C18H19ClFN5O3S. The minimum absolute atomic E-state index is 0.0508. The molecule has 0 unspecified atom stereocenters. The second-order valence-electron chi connectivity index (χ2n) is 6.40. The number of hydrogen-bond donors (Lipinski definition) is 2. The van der Waals surface area contributed by atoms with Crippen LogP contribution in [0.3, 0.4) is 0 Å². The first kappa shape index (κ1) is 21.0. The third-order valence-corrected chi connectivity index (χ3v) is 6.02. The molecule has 2 aromatic heterocycles. The van der Waals surface area contributed by atoms with Crippen LogP contribution < -0.4 is 15.6 Å². The Morgan fingerprint density at radius 2 is 1.97 bits per heavy atom. The van der Waals surface area contributed by atoms with Gasteiger partial charge in [0.25, 0.3) is 5.56 Å². The second-order valence-corrected chi connectivity index (χ2v) is 8.62. The average Bonchev–Trinajstić information content (AvgIpc) is 2.68. The summed E-state index contributed by atoms with van der Waals surface area (Å²) >= 11 is 6.32. The van der Waals surface area contributed by atoms with E-state index in [1.165, 1.54) is 17.1 Å². The van der Waals surface area contributed by atoms with Crippen LogP contribution in [0.2, 0.25) is 5.02 Å². The molecule has 0 fully saturated rings. The minimum atomic E-state index is -3.77. The van der Waals surface area contributed by atoms with Crippen LogP contribution in [0.4, 0.5) is 21.6 Å². The zero-order valence-electron chi connectivity index (χ0n) is 15.7. The van der Waals surface area contributed by atoms with E-state index in [0.29, 0.717) is 27.8 Å². The van der Waals surface area contributed by atoms with Gasteiger partial charge in [-0.3, -0.25) is 13.9 Å². The molecule has 0 aliphatic carbocycles. The Morgan fingerprint density at radius 1 is 1.21 bits per heavy atom. The Balaban J connectivity index is 1.96. The molecule has 0 bridgehead atoms. The van der Waals surface area contributed by atoms with Crippen molar-refractivity contribution in [1.29, 1.82) is 0 Å². The molecule has 2 heterocycles. The molecule has 0 radical (unpaired) electrons. The van der Waals surface area contributed by atoms with Crippen molar-refractivity contribution in [2.75, 3.05) is 22.5 Å². The van der Waals surface area contributed by atoms with Crippen molar-refractivity contribution in [2.24, 2.45) is 7.05 Å². The summed E-state index contributed by atoms with van der Waals surface area (Å²) in [7, 11) is -2.15. The summed E-state index contributed by atoms with van der Waals surface area (Å²) in [6.45, 7) is 1.04. The zero-order valence-corrected chi connectivity index (χ0v) is 17.3. The predicted octanol–water partition coefficient (Wildman–Crippen LogP) is 3.14. The van der Waals surface area contributed by atoms with Gasteiger partial charge in [0.2, 0.25) is 10.0 Å². The lowest BCUT2D eigenvalue weighted by molar-refractivity contribution is 0.484. The number of anilines is 3. The first-order valence-corrected chi connectivity index (χ1v) is 10.7. The largest absolute Gasteiger partial charge is 0.354 e. The Morgan fingerprint density at radius 3 is 2.69 bits per heavy atom. The van der Waals surface area contributed by atoms with Gasteiger partial charge in [0, 0.05) is 18.9 Å². The fraction of sp³-hybridized carbons (Fsp3) is 0.278. The first-order valence-electron chi connectivity index (χ1n) is 8.66. The van der Waals surface area contributed by atoms with Gasteiger partial charge in [-0.15, -0.1) is 0 Å². The number of pyridine rings is 1. The molecule has 0 spiro atoms.